The first-order chi connectivity index (χ1) is 13.0. The number of rotatable bonds is 7. The summed E-state index contributed by atoms with van der Waals surface area (Å²) >= 11 is 0. The molecule has 0 fully saturated rings. The average Bonchev–Trinajstić information content (AvgIpc) is 2.65. The van der Waals surface area contributed by atoms with E-state index in [1.54, 1.807) is 0 Å². The molecule has 27 heavy (non-hydrogen) atoms. The van der Waals surface area contributed by atoms with Crippen LogP contribution < -0.4 is 14.4 Å². The fraction of sp³-hybridized carbons (Fsp3) is 0.368. The van der Waals surface area contributed by atoms with Crippen molar-refractivity contribution in [2.75, 3.05) is 18.1 Å². The normalized spacial score (nSPS) is 15.9. The second kappa shape index (κ2) is 8.03. The molecule has 1 aromatic heterocycles. The van der Waals surface area contributed by atoms with Crippen molar-refractivity contribution in [2.45, 2.75) is 32.8 Å². The first kappa shape index (κ1) is 18.6. The fourth-order valence-electron chi connectivity index (χ4n) is 2.89. The van der Waals surface area contributed by atoms with E-state index in [9.17, 15) is 14.9 Å². The van der Waals surface area contributed by atoms with E-state index in [-0.39, 0.29) is 17.5 Å². The third kappa shape index (κ3) is 4.16. The SMILES string of the molecule is CCC1Oc2ccc([N+](=O)[O-])nc2N(CCCOc2cccc(C)c2)C1=O. The summed E-state index contributed by atoms with van der Waals surface area (Å²) in [4.78, 5) is 28.6. The van der Waals surface area contributed by atoms with Gasteiger partial charge in [0.05, 0.1) is 6.61 Å². The molecule has 0 spiro atoms. The van der Waals surface area contributed by atoms with Gasteiger partial charge in [0.25, 0.3) is 11.7 Å². The maximum absolute atomic E-state index is 12.7. The predicted octanol–water partition coefficient (Wildman–Crippen LogP) is 3.27. The van der Waals surface area contributed by atoms with Crippen LogP contribution in [0.5, 0.6) is 11.5 Å². The Morgan fingerprint density at radius 2 is 2.15 bits per heavy atom. The van der Waals surface area contributed by atoms with Crippen LogP contribution in [0.25, 0.3) is 0 Å². The van der Waals surface area contributed by atoms with Gasteiger partial charge in [0.15, 0.2) is 11.9 Å². The molecule has 0 saturated carbocycles. The molecule has 0 aliphatic carbocycles. The molecule has 0 saturated heterocycles. The number of anilines is 1. The Labute approximate surface area is 156 Å². The molecule has 1 aliphatic rings. The smallest absolute Gasteiger partial charge is 0.366 e. The van der Waals surface area contributed by atoms with Gasteiger partial charge in [-0.1, -0.05) is 19.1 Å². The van der Waals surface area contributed by atoms with Crippen molar-refractivity contribution in [3.05, 3.63) is 52.1 Å². The lowest BCUT2D eigenvalue weighted by molar-refractivity contribution is -0.389. The van der Waals surface area contributed by atoms with Crippen molar-refractivity contribution in [1.82, 2.24) is 4.98 Å². The number of aromatic nitrogens is 1. The van der Waals surface area contributed by atoms with Crippen LogP contribution in [0, 0.1) is 17.0 Å². The lowest BCUT2D eigenvalue weighted by Gasteiger charge is -2.30. The molecule has 1 unspecified atom stereocenters. The second-order valence-electron chi connectivity index (χ2n) is 6.27. The fourth-order valence-corrected chi connectivity index (χ4v) is 2.89. The van der Waals surface area contributed by atoms with Gasteiger partial charge in [0.2, 0.25) is 0 Å². The van der Waals surface area contributed by atoms with Gasteiger partial charge in [0.1, 0.15) is 5.75 Å². The summed E-state index contributed by atoms with van der Waals surface area (Å²) in [7, 11) is 0. The molecule has 3 rings (SSSR count). The quantitative estimate of drug-likeness (QED) is 0.421. The maximum atomic E-state index is 12.7. The first-order valence-electron chi connectivity index (χ1n) is 8.82. The maximum Gasteiger partial charge on any atom is 0.366 e. The summed E-state index contributed by atoms with van der Waals surface area (Å²) in [6, 6.07) is 10.5. The Balaban J connectivity index is 1.72. The number of hydrogen-bond donors (Lipinski definition) is 0. The molecule has 1 aromatic carbocycles. The highest BCUT2D eigenvalue weighted by atomic mass is 16.6. The van der Waals surface area contributed by atoms with E-state index in [0.29, 0.717) is 31.7 Å². The second-order valence-corrected chi connectivity index (χ2v) is 6.27. The van der Waals surface area contributed by atoms with Gasteiger partial charge in [-0.15, -0.1) is 0 Å². The van der Waals surface area contributed by atoms with Gasteiger partial charge in [-0.3, -0.25) is 9.69 Å². The van der Waals surface area contributed by atoms with E-state index in [2.05, 4.69) is 4.98 Å². The Bertz CT molecular complexity index is 855. The average molecular weight is 371 g/mol. The van der Waals surface area contributed by atoms with Gasteiger partial charge in [-0.05, 0) is 53.4 Å². The van der Waals surface area contributed by atoms with Crippen molar-refractivity contribution in [3.63, 3.8) is 0 Å². The number of carbonyl (C=O) groups is 1. The van der Waals surface area contributed by atoms with Gasteiger partial charge in [0, 0.05) is 12.6 Å². The largest absolute Gasteiger partial charge is 0.494 e. The number of nitrogens with zero attached hydrogens (tertiary/aromatic N) is 3. The van der Waals surface area contributed by atoms with Gasteiger partial charge >= 0.3 is 5.82 Å². The topological polar surface area (TPSA) is 94.8 Å². The number of ether oxygens (including phenoxy) is 2. The van der Waals surface area contributed by atoms with E-state index >= 15 is 0 Å². The molecule has 142 valence electrons. The lowest BCUT2D eigenvalue weighted by Crippen LogP contribution is -2.46. The molecule has 1 aliphatic heterocycles. The molecule has 1 amide bonds. The van der Waals surface area contributed by atoms with Crippen LogP contribution in [0.2, 0.25) is 0 Å². The van der Waals surface area contributed by atoms with Gasteiger partial charge in [-0.25, -0.2) is 0 Å². The van der Waals surface area contributed by atoms with Crippen LogP contribution in [0.1, 0.15) is 25.3 Å². The van der Waals surface area contributed by atoms with Crippen LogP contribution in [-0.4, -0.2) is 35.1 Å². The highest BCUT2D eigenvalue weighted by Gasteiger charge is 2.37. The summed E-state index contributed by atoms with van der Waals surface area (Å²) in [5.74, 6) is 0.777. The third-order valence-electron chi connectivity index (χ3n) is 4.23. The standard InChI is InChI=1S/C19H21N3O5/c1-3-15-19(23)21(10-5-11-26-14-7-4-6-13(2)12-14)18-16(27-15)8-9-17(20-18)22(24)25/h4,6-9,12,15H,3,5,10-11H2,1-2H3. The molecule has 0 bridgehead atoms. The van der Waals surface area contributed by atoms with Crippen molar-refractivity contribution >= 4 is 17.5 Å². The monoisotopic (exact) mass is 371 g/mol. The zero-order valence-electron chi connectivity index (χ0n) is 15.3. The number of carbonyl (C=O) groups excluding carboxylic acids is 1. The van der Waals surface area contributed by atoms with E-state index in [1.807, 2.05) is 38.1 Å². The highest BCUT2D eigenvalue weighted by Crippen LogP contribution is 2.34. The molecular weight excluding hydrogens is 350 g/mol. The summed E-state index contributed by atoms with van der Waals surface area (Å²) in [6.45, 7) is 4.59. The predicted molar refractivity (Wildman–Crippen MR) is 99.2 cm³/mol. The number of fused-ring (bicyclic) bond motifs is 1. The molecule has 0 N–H and O–H groups in total. The van der Waals surface area contributed by atoms with Crippen molar-refractivity contribution in [1.29, 1.82) is 0 Å². The first-order valence-corrected chi connectivity index (χ1v) is 8.82. The Kier molecular flexibility index (Phi) is 5.54. The Hall–Kier alpha value is -3.16. The number of nitro groups is 1. The summed E-state index contributed by atoms with van der Waals surface area (Å²) in [5, 5.41) is 11.0. The number of benzene rings is 1. The van der Waals surface area contributed by atoms with Crippen LogP contribution in [0.15, 0.2) is 36.4 Å². The molecule has 2 aromatic rings. The molecule has 8 heteroatoms. The van der Waals surface area contributed by atoms with E-state index in [4.69, 9.17) is 9.47 Å². The number of aryl methyl sites for hydroxylation is 1. The van der Waals surface area contributed by atoms with E-state index in [0.717, 1.165) is 11.3 Å². The molecule has 1 atom stereocenters. The van der Waals surface area contributed by atoms with Crippen molar-refractivity contribution < 1.29 is 19.2 Å². The minimum atomic E-state index is -0.613. The highest BCUT2D eigenvalue weighted by molar-refractivity contribution is 5.99. The molecule has 0 radical (unpaired) electrons. The van der Waals surface area contributed by atoms with Crippen LogP contribution in [-0.2, 0) is 4.79 Å². The summed E-state index contributed by atoms with van der Waals surface area (Å²) in [5.41, 5.74) is 1.10. The Morgan fingerprint density at radius 3 is 2.85 bits per heavy atom. The summed E-state index contributed by atoms with van der Waals surface area (Å²) < 4.78 is 11.4. The molecular formula is C19H21N3O5. The zero-order valence-corrected chi connectivity index (χ0v) is 15.3. The van der Waals surface area contributed by atoms with E-state index < -0.39 is 11.0 Å². The number of hydrogen-bond acceptors (Lipinski definition) is 6. The molecule has 2 heterocycles. The minimum Gasteiger partial charge on any atom is -0.494 e. The van der Waals surface area contributed by atoms with E-state index in [1.165, 1.54) is 17.0 Å². The zero-order chi connectivity index (χ0) is 19.4. The van der Waals surface area contributed by atoms with Crippen molar-refractivity contribution in [3.8, 4) is 11.5 Å². The van der Waals surface area contributed by atoms with Crippen LogP contribution in [0.3, 0.4) is 0 Å². The van der Waals surface area contributed by atoms with Gasteiger partial charge in [-0.2, -0.15) is 0 Å². The van der Waals surface area contributed by atoms with Crippen LogP contribution in [0.4, 0.5) is 11.6 Å². The minimum absolute atomic E-state index is 0.189. The number of pyridine rings is 1. The third-order valence-corrected chi connectivity index (χ3v) is 4.23. The van der Waals surface area contributed by atoms with Crippen LogP contribution >= 0.6 is 0 Å². The lowest BCUT2D eigenvalue weighted by atomic mass is 10.2. The van der Waals surface area contributed by atoms with Gasteiger partial charge < -0.3 is 19.6 Å². The Morgan fingerprint density at radius 1 is 1.33 bits per heavy atom. The summed E-state index contributed by atoms with van der Waals surface area (Å²) in [6.07, 6.45) is 0.448. The number of amides is 1. The molecule has 8 nitrogen and oxygen atoms in total. The van der Waals surface area contributed by atoms with Crippen molar-refractivity contribution in [2.24, 2.45) is 0 Å².